The van der Waals surface area contributed by atoms with Gasteiger partial charge in [-0.1, -0.05) is 187 Å². The highest BCUT2D eigenvalue weighted by molar-refractivity contribution is 5.83. The van der Waals surface area contributed by atoms with Crippen LogP contribution >= 0.6 is 0 Å². The summed E-state index contributed by atoms with van der Waals surface area (Å²) in [7, 11) is 0. The van der Waals surface area contributed by atoms with Crippen LogP contribution in [0.15, 0.2) is 12.2 Å². The first-order valence-corrected chi connectivity index (χ1v) is 22.5. The Labute approximate surface area is 321 Å². The smallest absolute Gasteiger partial charge is 0.326 e. The largest absolute Gasteiger partial charge is 0.480 e. The number of carbonyl (C=O) groups is 3. The Morgan fingerprint density at radius 1 is 0.558 bits per heavy atom. The lowest BCUT2D eigenvalue weighted by Crippen LogP contribution is -2.40. The van der Waals surface area contributed by atoms with Crippen molar-refractivity contribution in [1.82, 2.24) is 5.32 Å². The third-order valence-corrected chi connectivity index (χ3v) is 10.3. The van der Waals surface area contributed by atoms with Gasteiger partial charge < -0.3 is 20.9 Å². The first kappa shape index (κ1) is 50.1. The number of rotatable bonds is 41. The Morgan fingerprint density at radius 2 is 0.981 bits per heavy atom. The van der Waals surface area contributed by atoms with E-state index in [2.05, 4.69) is 31.3 Å². The zero-order valence-electron chi connectivity index (χ0n) is 34.4. The van der Waals surface area contributed by atoms with Gasteiger partial charge in [0.2, 0.25) is 5.91 Å². The molecule has 0 spiro atoms. The molecule has 7 heteroatoms. The Balaban J connectivity index is 3.83. The highest BCUT2D eigenvalue weighted by Crippen LogP contribution is 2.17. The Bertz CT molecular complexity index is 833. The molecule has 0 radical (unpaired) electrons. The van der Waals surface area contributed by atoms with Crippen molar-refractivity contribution in [2.75, 3.05) is 6.54 Å². The van der Waals surface area contributed by atoms with Gasteiger partial charge in [-0.05, 0) is 57.6 Å². The number of hydrogen-bond donors (Lipinski definition) is 3. The van der Waals surface area contributed by atoms with Crippen LogP contribution in [0.3, 0.4) is 0 Å². The number of carboxylic acid groups (broad SMARTS) is 1. The summed E-state index contributed by atoms with van der Waals surface area (Å²) in [6, 6.07) is -0.866. The van der Waals surface area contributed by atoms with Crippen molar-refractivity contribution < 1.29 is 24.2 Å². The van der Waals surface area contributed by atoms with E-state index in [1.54, 1.807) is 0 Å². The highest BCUT2D eigenvalue weighted by atomic mass is 16.5. The predicted octanol–water partition coefficient (Wildman–Crippen LogP) is 12.7. The van der Waals surface area contributed by atoms with E-state index in [-0.39, 0.29) is 18.0 Å². The summed E-state index contributed by atoms with van der Waals surface area (Å²) in [6.07, 6.45) is 44.6. The molecule has 0 aliphatic rings. The average Bonchev–Trinajstić information content (AvgIpc) is 3.13. The van der Waals surface area contributed by atoms with Gasteiger partial charge in [0.05, 0.1) is 0 Å². The molecule has 0 heterocycles. The van der Waals surface area contributed by atoms with Gasteiger partial charge in [0.25, 0.3) is 0 Å². The van der Waals surface area contributed by atoms with Crippen molar-refractivity contribution in [3.05, 3.63) is 12.2 Å². The summed E-state index contributed by atoms with van der Waals surface area (Å²) in [6.45, 7) is 4.87. The van der Waals surface area contributed by atoms with Gasteiger partial charge in [-0.2, -0.15) is 0 Å². The minimum atomic E-state index is -1.01. The second kappa shape index (κ2) is 40.3. The molecule has 52 heavy (non-hydrogen) atoms. The van der Waals surface area contributed by atoms with Gasteiger partial charge in [0.15, 0.2) is 0 Å². The van der Waals surface area contributed by atoms with Crippen LogP contribution in [0.2, 0.25) is 0 Å². The number of ether oxygens (including phenoxy) is 1. The first-order valence-electron chi connectivity index (χ1n) is 22.5. The van der Waals surface area contributed by atoms with Crippen molar-refractivity contribution in [3.8, 4) is 0 Å². The number of nitrogens with two attached hydrogens (primary N) is 1. The fourth-order valence-electron chi connectivity index (χ4n) is 6.88. The number of unbranched alkanes of at least 4 members (excludes halogenated alkanes) is 27. The molecule has 0 aromatic rings. The van der Waals surface area contributed by atoms with Crippen LogP contribution in [0.25, 0.3) is 0 Å². The molecule has 1 amide bonds. The van der Waals surface area contributed by atoms with Gasteiger partial charge in [-0.25, -0.2) is 4.79 Å². The van der Waals surface area contributed by atoms with Crippen LogP contribution < -0.4 is 11.1 Å². The molecule has 0 saturated heterocycles. The number of aliphatic carboxylic acids is 1. The SMILES string of the molecule is CCCC/C=C\C(CCCCCCC(=O)NC(CCCN)C(=O)O)OC(=O)CCCCCCCCCCCCCCCCCCCCCCCCC. The summed E-state index contributed by atoms with van der Waals surface area (Å²) < 4.78 is 5.87. The summed E-state index contributed by atoms with van der Waals surface area (Å²) in [5.41, 5.74) is 5.47. The molecule has 7 nitrogen and oxygen atoms in total. The lowest BCUT2D eigenvalue weighted by molar-refractivity contribution is -0.147. The van der Waals surface area contributed by atoms with Gasteiger partial charge >= 0.3 is 11.9 Å². The van der Waals surface area contributed by atoms with Crippen LogP contribution in [-0.4, -0.2) is 41.6 Å². The standard InChI is InChI=1S/C45H86N2O5/c1-3-5-7-9-10-11-12-13-14-15-16-17-18-19-20-21-22-23-24-25-26-27-33-39-44(49)52-41(35-30-8-6-4-2)36-31-28-29-32-38-43(48)47-42(45(50)51)37-34-40-46/h30,35,41-42H,3-29,31-34,36-40,46H2,1-2H3,(H,47,48)(H,50,51)/b35-30-. The second-order valence-electron chi connectivity index (χ2n) is 15.5. The van der Waals surface area contributed by atoms with Crippen molar-refractivity contribution >= 4 is 17.8 Å². The van der Waals surface area contributed by atoms with Gasteiger partial charge in [0, 0.05) is 12.8 Å². The lowest BCUT2D eigenvalue weighted by atomic mass is 10.0. The molecular formula is C45H86N2O5. The molecule has 0 bridgehead atoms. The number of hydrogen-bond acceptors (Lipinski definition) is 5. The van der Waals surface area contributed by atoms with Gasteiger partial charge in [-0.15, -0.1) is 0 Å². The van der Waals surface area contributed by atoms with Gasteiger partial charge in [0.1, 0.15) is 12.1 Å². The summed E-state index contributed by atoms with van der Waals surface area (Å²) in [5, 5.41) is 11.9. The number of amides is 1. The summed E-state index contributed by atoms with van der Waals surface area (Å²) >= 11 is 0. The third kappa shape index (κ3) is 36.5. The van der Waals surface area contributed by atoms with E-state index in [0.29, 0.717) is 38.6 Å². The Hall–Kier alpha value is -1.89. The second-order valence-corrected chi connectivity index (χ2v) is 15.5. The molecule has 0 aromatic carbocycles. The average molecular weight is 735 g/mol. The molecule has 0 rings (SSSR count). The van der Waals surface area contributed by atoms with E-state index < -0.39 is 12.0 Å². The molecule has 2 unspecified atom stereocenters. The fraction of sp³-hybridized carbons (Fsp3) is 0.889. The number of carboxylic acids is 1. The van der Waals surface area contributed by atoms with E-state index in [1.807, 2.05) is 0 Å². The van der Waals surface area contributed by atoms with E-state index in [9.17, 15) is 19.5 Å². The molecule has 0 fully saturated rings. The first-order chi connectivity index (χ1) is 25.4. The maximum Gasteiger partial charge on any atom is 0.326 e. The fourth-order valence-corrected chi connectivity index (χ4v) is 6.88. The maximum atomic E-state index is 12.6. The topological polar surface area (TPSA) is 119 Å². The third-order valence-electron chi connectivity index (χ3n) is 10.3. The monoisotopic (exact) mass is 735 g/mol. The van der Waals surface area contributed by atoms with Crippen molar-refractivity contribution in [2.24, 2.45) is 5.73 Å². The molecule has 0 aromatic heterocycles. The molecular weight excluding hydrogens is 649 g/mol. The molecule has 0 aliphatic carbocycles. The van der Waals surface area contributed by atoms with Crippen LogP contribution in [0.4, 0.5) is 0 Å². The molecule has 306 valence electrons. The highest BCUT2D eigenvalue weighted by Gasteiger charge is 2.19. The van der Waals surface area contributed by atoms with Crippen LogP contribution in [0.1, 0.15) is 239 Å². The van der Waals surface area contributed by atoms with Crippen molar-refractivity contribution in [2.45, 2.75) is 251 Å². The van der Waals surface area contributed by atoms with E-state index in [1.165, 1.54) is 135 Å². The lowest BCUT2D eigenvalue weighted by Gasteiger charge is -2.15. The Kier molecular flexibility index (Phi) is 38.8. The number of nitrogens with one attached hydrogen (secondary N) is 1. The molecule has 2 atom stereocenters. The zero-order valence-corrected chi connectivity index (χ0v) is 34.4. The minimum Gasteiger partial charge on any atom is -0.480 e. The van der Waals surface area contributed by atoms with Crippen molar-refractivity contribution in [1.29, 1.82) is 0 Å². The van der Waals surface area contributed by atoms with E-state index in [0.717, 1.165) is 57.8 Å². The van der Waals surface area contributed by atoms with E-state index >= 15 is 0 Å². The minimum absolute atomic E-state index is 0.0899. The zero-order chi connectivity index (χ0) is 38.2. The maximum absolute atomic E-state index is 12.6. The normalized spacial score (nSPS) is 12.7. The molecule has 4 N–H and O–H groups in total. The van der Waals surface area contributed by atoms with Crippen LogP contribution in [0.5, 0.6) is 0 Å². The number of carbonyl (C=O) groups excluding carboxylic acids is 2. The number of esters is 1. The predicted molar refractivity (Wildman–Crippen MR) is 221 cm³/mol. The van der Waals surface area contributed by atoms with Crippen LogP contribution in [-0.2, 0) is 19.1 Å². The Morgan fingerprint density at radius 3 is 1.42 bits per heavy atom. The van der Waals surface area contributed by atoms with Crippen molar-refractivity contribution in [3.63, 3.8) is 0 Å². The van der Waals surface area contributed by atoms with Crippen LogP contribution in [0, 0.1) is 0 Å². The molecule has 0 aliphatic heterocycles. The molecule has 0 saturated carbocycles. The quantitative estimate of drug-likeness (QED) is 0.0327. The van der Waals surface area contributed by atoms with Gasteiger partial charge in [-0.3, -0.25) is 9.59 Å². The summed E-state index contributed by atoms with van der Waals surface area (Å²) in [4.78, 5) is 36.1. The number of allylic oxidation sites excluding steroid dienone is 1. The summed E-state index contributed by atoms with van der Waals surface area (Å²) in [5.74, 6) is -1.32. The van der Waals surface area contributed by atoms with E-state index in [4.69, 9.17) is 10.5 Å².